The Labute approximate surface area is 172 Å². The average Bonchev–Trinajstić information content (AvgIpc) is 3.18. The molecule has 4 heterocycles. The zero-order valence-electron chi connectivity index (χ0n) is 17.5. The summed E-state index contributed by atoms with van der Waals surface area (Å²) in [4.78, 5) is 30.0. The maximum Gasteiger partial charge on any atom is 0.276 e. The van der Waals surface area contributed by atoms with E-state index in [1.54, 1.807) is 0 Å². The van der Waals surface area contributed by atoms with Gasteiger partial charge in [-0.3, -0.25) is 14.5 Å². The molecule has 7 nitrogen and oxygen atoms in total. The molecule has 0 bridgehead atoms. The van der Waals surface area contributed by atoms with Crippen molar-refractivity contribution in [3.05, 3.63) is 17.5 Å². The van der Waals surface area contributed by atoms with Gasteiger partial charge in [0.1, 0.15) is 5.76 Å². The molecule has 0 radical (unpaired) electrons. The number of hydrogen-bond acceptors (Lipinski definition) is 5. The van der Waals surface area contributed by atoms with Crippen LogP contribution in [0.25, 0.3) is 0 Å². The van der Waals surface area contributed by atoms with Crippen molar-refractivity contribution in [2.24, 2.45) is 11.8 Å². The summed E-state index contributed by atoms with van der Waals surface area (Å²) >= 11 is 0. The van der Waals surface area contributed by atoms with E-state index >= 15 is 0 Å². The Morgan fingerprint density at radius 2 is 2.10 bits per heavy atom. The number of nitrogens with zero attached hydrogens (tertiary/aromatic N) is 3. The number of carbonyl (C=O) groups excluding carboxylic acids is 2. The minimum absolute atomic E-state index is 0.0408. The molecule has 1 saturated carbocycles. The summed E-state index contributed by atoms with van der Waals surface area (Å²) in [6, 6.07) is 2.35. The van der Waals surface area contributed by atoms with E-state index in [-0.39, 0.29) is 23.3 Å². The lowest BCUT2D eigenvalue weighted by molar-refractivity contribution is -0.123. The first-order chi connectivity index (χ1) is 14.0. The topological polar surface area (TPSA) is 78.7 Å². The highest BCUT2D eigenvalue weighted by Gasteiger charge is 2.57. The summed E-state index contributed by atoms with van der Waals surface area (Å²) in [5.41, 5.74) is 0.277. The number of nitrogens with one attached hydrogen (secondary N) is 1. The minimum atomic E-state index is -0.151. The minimum Gasteiger partial charge on any atom is -0.360 e. The zero-order valence-corrected chi connectivity index (χ0v) is 17.5. The third-order valence-corrected chi connectivity index (χ3v) is 7.77. The van der Waals surface area contributed by atoms with Crippen molar-refractivity contribution in [2.45, 2.75) is 69.9 Å². The van der Waals surface area contributed by atoms with Crippen molar-refractivity contribution < 1.29 is 14.1 Å². The molecule has 158 valence electrons. The lowest BCUT2D eigenvalue weighted by Gasteiger charge is -2.42. The van der Waals surface area contributed by atoms with Crippen molar-refractivity contribution in [3.63, 3.8) is 0 Å². The van der Waals surface area contributed by atoms with Crippen LogP contribution in [0, 0.1) is 11.8 Å². The fraction of sp³-hybridized carbons (Fsp3) is 0.773. The number of rotatable bonds is 5. The van der Waals surface area contributed by atoms with Crippen molar-refractivity contribution >= 4 is 11.8 Å². The highest BCUT2D eigenvalue weighted by atomic mass is 16.5. The molecule has 1 aromatic rings. The van der Waals surface area contributed by atoms with Crippen LogP contribution in [0.4, 0.5) is 0 Å². The van der Waals surface area contributed by atoms with Gasteiger partial charge in [-0.25, -0.2) is 0 Å². The molecule has 2 amide bonds. The smallest absolute Gasteiger partial charge is 0.276 e. The Morgan fingerprint density at radius 3 is 2.79 bits per heavy atom. The second kappa shape index (κ2) is 7.11. The summed E-state index contributed by atoms with van der Waals surface area (Å²) in [5, 5.41) is 7.36. The van der Waals surface area contributed by atoms with Gasteiger partial charge in [0.15, 0.2) is 5.69 Å². The largest absolute Gasteiger partial charge is 0.360 e. The molecule has 4 fully saturated rings. The molecule has 4 aliphatic rings. The molecule has 1 aliphatic carbocycles. The van der Waals surface area contributed by atoms with Gasteiger partial charge in [0, 0.05) is 55.7 Å². The molecule has 0 aromatic carbocycles. The van der Waals surface area contributed by atoms with Crippen LogP contribution in [0.3, 0.4) is 0 Å². The van der Waals surface area contributed by atoms with E-state index in [1.165, 1.54) is 12.8 Å². The number of hydrogen-bond donors (Lipinski definition) is 1. The van der Waals surface area contributed by atoms with E-state index in [2.05, 4.69) is 29.2 Å². The molecule has 7 heteroatoms. The molecular formula is C22H32N4O3. The van der Waals surface area contributed by atoms with Gasteiger partial charge in [0.05, 0.1) is 5.92 Å². The van der Waals surface area contributed by atoms with Crippen molar-refractivity contribution in [3.8, 4) is 0 Å². The maximum atomic E-state index is 12.9. The SMILES string of the molecule is CCC[C@H](C)N1C[C@H]2C(=O)NC3(CCN(C(=O)c4cc(C5CC5)on4)CC3)[C@H]2C1. The number of amides is 2. The van der Waals surface area contributed by atoms with Crippen LogP contribution in [0.15, 0.2) is 10.6 Å². The predicted molar refractivity (Wildman–Crippen MR) is 107 cm³/mol. The number of piperidine rings is 1. The summed E-state index contributed by atoms with van der Waals surface area (Å²) in [6.07, 6.45) is 6.27. The summed E-state index contributed by atoms with van der Waals surface area (Å²) in [5.74, 6) is 1.94. The molecule has 0 unspecified atom stereocenters. The van der Waals surface area contributed by atoms with Gasteiger partial charge in [-0.05, 0) is 39.0 Å². The van der Waals surface area contributed by atoms with E-state index in [0.717, 1.165) is 44.5 Å². The molecule has 1 aromatic heterocycles. The van der Waals surface area contributed by atoms with Crippen molar-refractivity contribution in [1.29, 1.82) is 0 Å². The molecule has 3 aliphatic heterocycles. The Balaban J connectivity index is 1.24. The molecule has 1 spiro atoms. The molecule has 3 atom stereocenters. The Hall–Kier alpha value is -1.89. The molecule has 29 heavy (non-hydrogen) atoms. The van der Waals surface area contributed by atoms with Gasteiger partial charge in [0.2, 0.25) is 5.91 Å². The summed E-state index contributed by atoms with van der Waals surface area (Å²) < 4.78 is 5.36. The van der Waals surface area contributed by atoms with Gasteiger partial charge in [-0.1, -0.05) is 18.5 Å². The van der Waals surface area contributed by atoms with E-state index < -0.39 is 0 Å². The zero-order chi connectivity index (χ0) is 20.2. The van der Waals surface area contributed by atoms with Crippen LogP contribution in [-0.4, -0.2) is 64.5 Å². The number of likely N-dealkylation sites (tertiary alicyclic amines) is 2. The Bertz CT molecular complexity index is 794. The quantitative estimate of drug-likeness (QED) is 0.821. The lowest BCUT2D eigenvalue weighted by atomic mass is 9.75. The average molecular weight is 401 g/mol. The first-order valence-corrected chi connectivity index (χ1v) is 11.3. The highest BCUT2D eigenvalue weighted by Crippen LogP contribution is 2.45. The number of fused-ring (bicyclic) bond motifs is 2. The number of carbonyl (C=O) groups is 2. The van der Waals surface area contributed by atoms with Crippen molar-refractivity contribution in [1.82, 2.24) is 20.3 Å². The van der Waals surface area contributed by atoms with Gasteiger partial charge < -0.3 is 14.7 Å². The van der Waals surface area contributed by atoms with Crippen molar-refractivity contribution in [2.75, 3.05) is 26.2 Å². The fourth-order valence-electron chi connectivity index (χ4n) is 5.77. The number of aromatic nitrogens is 1. The lowest BCUT2D eigenvalue weighted by Crippen LogP contribution is -2.56. The molecule has 3 saturated heterocycles. The molecule has 1 N–H and O–H groups in total. The van der Waals surface area contributed by atoms with E-state index in [0.29, 0.717) is 36.7 Å². The Kier molecular flexibility index (Phi) is 4.68. The van der Waals surface area contributed by atoms with Crippen LogP contribution in [0.5, 0.6) is 0 Å². The van der Waals surface area contributed by atoms with Gasteiger partial charge in [-0.15, -0.1) is 0 Å². The monoisotopic (exact) mass is 400 g/mol. The van der Waals surface area contributed by atoms with Crippen LogP contribution >= 0.6 is 0 Å². The molecule has 5 rings (SSSR count). The van der Waals surface area contributed by atoms with Crippen LogP contribution in [0.2, 0.25) is 0 Å². The standard InChI is InChI=1S/C22H32N4O3/c1-3-4-14(2)26-12-16-17(13-26)22(23-20(16)27)7-9-25(10-8-22)21(28)18-11-19(29-24-18)15-5-6-15/h11,14-17H,3-10,12-13H2,1-2H3,(H,23,27)/t14-,16+,17-/m0/s1. The summed E-state index contributed by atoms with van der Waals surface area (Å²) in [6.45, 7) is 7.70. The van der Waals surface area contributed by atoms with Crippen LogP contribution < -0.4 is 5.32 Å². The highest BCUT2D eigenvalue weighted by molar-refractivity contribution is 5.92. The molecular weight excluding hydrogens is 368 g/mol. The normalized spacial score (nSPS) is 29.9. The fourth-order valence-corrected chi connectivity index (χ4v) is 5.77. The van der Waals surface area contributed by atoms with E-state index in [1.807, 2.05) is 11.0 Å². The first-order valence-electron chi connectivity index (χ1n) is 11.3. The van der Waals surface area contributed by atoms with Gasteiger partial charge in [0.25, 0.3) is 5.91 Å². The van der Waals surface area contributed by atoms with E-state index in [4.69, 9.17) is 4.52 Å². The Morgan fingerprint density at radius 1 is 1.34 bits per heavy atom. The third kappa shape index (κ3) is 3.27. The van der Waals surface area contributed by atoms with Gasteiger partial charge in [-0.2, -0.15) is 0 Å². The van der Waals surface area contributed by atoms with Crippen LogP contribution in [0.1, 0.15) is 74.5 Å². The summed E-state index contributed by atoms with van der Waals surface area (Å²) in [7, 11) is 0. The van der Waals surface area contributed by atoms with Gasteiger partial charge >= 0.3 is 0 Å². The second-order valence-electron chi connectivity index (χ2n) is 9.63. The second-order valence-corrected chi connectivity index (χ2v) is 9.63. The maximum absolute atomic E-state index is 12.9. The van der Waals surface area contributed by atoms with E-state index in [9.17, 15) is 9.59 Å². The first kappa shape index (κ1) is 19.1. The van der Waals surface area contributed by atoms with Crippen LogP contribution in [-0.2, 0) is 4.79 Å². The predicted octanol–water partition coefficient (Wildman–Crippen LogP) is 2.39. The third-order valence-electron chi connectivity index (χ3n) is 7.77.